The molecule has 0 aromatic carbocycles. The predicted octanol–water partition coefficient (Wildman–Crippen LogP) is 1.48. The molecule has 1 atom stereocenters. The number of rotatable bonds is 4. The fourth-order valence-corrected chi connectivity index (χ4v) is 1.87. The van der Waals surface area contributed by atoms with Crippen LogP contribution in [-0.2, 0) is 4.74 Å². The molecule has 2 N–H and O–H groups in total. The van der Waals surface area contributed by atoms with Crippen molar-refractivity contribution in [3.63, 3.8) is 0 Å². The Morgan fingerprint density at radius 1 is 1.65 bits per heavy atom. The third-order valence-corrected chi connectivity index (χ3v) is 2.87. The molecule has 1 aromatic rings. The van der Waals surface area contributed by atoms with Gasteiger partial charge in [0.15, 0.2) is 0 Å². The monoisotopic (exact) mass is 237 g/mol. The molecule has 1 fully saturated rings. The molecule has 17 heavy (non-hydrogen) atoms. The Bertz CT molecular complexity index is 422. The number of nitrogens with zero attached hydrogens (tertiary/aromatic N) is 1. The molecule has 0 amide bonds. The van der Waals surface area contributed by atoms with Crippen molar-refractivity contribution in [2.24, 2.45) is 0 Å². The van der Waals surface area contributed by atoms with Crippen LogP contribution in [0.15, 0.2) is 10.9 Å². The first-order valence-corrected chi connectivity index (χ1v) is 6.12. The van der Waals surface area contributed by atoms with Crippen molar-refractivity contribution in [2.75, 3.05) is 18.5 Å². The van der Waals surface area contributed by atoms with Crippen molar-refractivity contribution in [3.8, 4) is 0 Å². The third kappa shape index (κ3) is 3.30. The van der Waals surface area contributed by atoms with E-state index in [0.29, 0.717) is 12.5 Å². The molecule has 1 saturated heterocycles. The number of aromatic amines is 1. The van der Waals surface area contributed by atoms with Gasteiger partial charge in [-0.05, 0) is 18.8 Å². The van der Waals surface area contributed by atoms with E-state index in [2.05, 4.69) is 15.3 Å². The molecule has 1 aliphatic rings. The minimum Gasteiger partial charge on any atom is -0.376 e. The predicted molar refractivity (Wildman–Crippen MR) is 66.4 cm³/mol. The van der Waals surface area contributed by atoms with Crippen molar-refractivity contribution in [3.05, 3.63) is 22.1 Å². The molecule has 5 heteroatoms. The van der Waals surface area contributed by atoms with Crippen LogP contribution in [0.5, 0.6) is 0 Å². The maximum absolute atomic E-state index is 11.4. The first-order chi connectivity index (χ1) is 8.15. The van der Waals surface area contributed by atoms with E-state index in [1.165, 1.54) is 0 Å². The smallest absolute Gasteiger partial charge is 0.252 e. The summed E-state index contributed by atoms with van der Waals surface area (Å²) in [6.45, 7) is 5.57. The average Bonchev–Trinajstić information content (AvgIpc) is 2.78. The van der Waals surface area contributed by atoms with E-state index in [-0.39, 0.29) is 17.6 Å². The van der Waals surface area contributed by atoms with Crippen molar-refractivity contribution in [1.82, 2.24) is 9.97 Å². The van der Waals surface area contributed by atoms with Gasteiger partial charge in [0.1, 0.15) is 0 Å². The van der Waals surface area contributed by atoms with Gasteiger partial charge in [0.05, 0.1) is 11.8 Å². The molecule has 94 valence electrons. The topological polar surface area (TPSA) is 67.0 Å². The lowest BCUT2D eigenvalue weighted by atomic mass is 10.1. The zero-order valence-electron chi connectivity index (χ0n) is 10.3. The van der Waals surface area contributed by atoms with Gasteiger partial charge in [-0.1, -0.05) is 13.8 Å². The highest BCUT2D eigenvalue weighted by atomic mass is 16.5. The Balaban J connectivity index is 2.02. The number of anilines is 1. The van der Waals surface area contributed by atoms with Gasteiger partial charge in [-0.3, -0.25) is 9.78 Å². The van der Waals surface area contributed by atoms with E-state index in [9.17, 15) is 4.79 Å². The Hall–Kier alpha value is -1.36. The maximum Gasteiger partial charge on any atom is 0.252 e. The zero-order chi connectivity index (χ0) is 12.3. The van der Waals surface area contributed by atoms with E-state index in [0.717, 1.165) is 25.1 Å². The maximum atomic E-state index is 11.4. The van der Waals surface area contributed by atoms with Crippen molar-refractivity contribution in [2.45, 2.75) is 38.7 Å². The molecule has 5 nitrogen and oxygen atoms in total. The summed E-state index contributed by atoms with van der Waals surface area (Å²) < 4.78 is 5.50. The summed E-state index contributed by atoms with van der Waals surface area (Å²) in [7, 11) is 0. The van der Waals surface area contributed by atoms with Crippen LogP contribution in [0.3, 0.4) is 0 Å². The summed E-state index contributed by atoms with van der Waals surface area (Å²) >= 11 is 0. The molecular weight excluding hydrogens is 218 g/mol. The summed E-state index contributed by atoms with van der Waals surface area (Å²) in [5, 5.41) is 3.13. The number of hydrogen-bond acceptors (Lipinski definition) is 4. The summed E-state index contributed by atoms with van der Waals surface area (Å²) in [5.41, 5.74) is 0.696. The third-order valence-electron chi connectivity index (χ3n) is 2.87. The summed E-state index contributed by atoms with van der Waals surface area (Å²) in [4.78, 5) is 18.5. The standard InChI is InChI=1S/C12H19N3O2/c1-8(2)10-6-11(16)15-12(14-10)13-7-9-4-3-5-17-9/h6,8-9H,3-5,7H2,1-2H3,(H2,13,14,15,16). The van der Waals surface area contributed by atoms with Gasteiger partial charge < -0.3 is 10.1 Å². The fourth-order valence-electron chi connectivity index (χ4n) is 1.87. The summed E-state index contributed by atoms with van der Waals surface area (Å²) in [6.07, 6.45) is 2.42. The molecule has 0 bridgehead atoms. The minimum atomic E-state index is -0.112. The summed E-state index contributed by atoms with van der Waals surface area (Å²) in [5.74, 6) is 0.789. The van der Waals surface area contributed by atoms with E-state index in [1.54, 1.807) is 6.07 Å². The van der Waals surface area contributed by atoms with Gasteiger partial charge in [0.25, 0.3) is 5.56 Å². The number of ether oxygens (including phenoxy) is 1. The van der Waals surface area contributed by atoms with Crippen LogP contribution >= 0.6 is 0 Å². The molecule has 0 aliphatic carbocycles. The second kappa shape index (κ2) is 5.31. The SMILES string of the molecule is CC(C)c1cc(=O)[nH]c(NCC2CCCO2)n1. The first kappa shape index (κ1) is 12.1. The minimum absolute atomic E-state index is 0.112. The van der Waals surface area contributed by atoms with E-state index >= 15 is 0 Å². The molecule has 2 rings (SSSR count). The van der Waals surface area contributed by atoms with Crippen LogP contribution in [0, 0.1) is 0 Å². The average molecular weight is 237 g/mol. The van der Waals surface area contributed by atoms with Crippen LogP contribution < -0.4 is 10.9 Å². The molecule has 0 saturated carbocycles. The largest absolute Gasteiger partial charge is 0.376 e. The van der Waals surface area contributed by atoms with Gasteiger partial charge in [0, 0.05) is 19.2 Å². The normalized spacial score (nSPS) is 19.8. The van der Waals surface area contributed by atoms with Gasteiger partial charge in [-0.2, -0.15) is 0 Å². The molecule has 0 spiro atoms. The molecule has 1 aliphatic heterocycles. The Kier molecular flexibility index (Phi) is 3.78. The van der Waals surface area contributed by atoms with Crippen LogP contribution in [0.2, 0.25) is 0 Å². The lowest BCUT2D eigenvalue weighted by Crippen LogP contribution is -2.22. The number of aromatic nitrogens is 2. The van der Waals surface area contributed by atoms with Gasteiger partial charge in [-0.25, -0.2) is 4.98 Å². The van der Waals surface area contributed by atoms with Crippen molar-refractivity contribution >= 4 is 5.95 Å². The molecule has 1 unspecified atom stereocenters. The highest BCUT2D eigenvalue weighted by Crippen LogP contribution is 2.13. The van der Waals surface area contributed by atoms with Gasteiger partial charge in [0.2, 0.25) is 5.95 Å². The fraction of sp³-hybridized carbons (Fsp3) is 0.667. The van der Waals surface area contributed by atoms with E-state index in [1.807, 2.05) is 13.8 Å². The van der Waals surface area contributed by atoms with Crippen LogP contribution in [0.25, 0.3) is 0 Å². The first-order valence-electron chi connectivity index (χ1n) is 6.12. The highest BCUT2D eigenvalue weighted by molar-refractivity contribution is 5.26. The zero-order valence-corrected chi connectivity index (χ0v) is 10.3. The van der Waals surface area contributed by atoms with Gasteiger partial charge in [-0.15, -0.1) is 0 Å². The Morgan fingerprint density at radius 3 is 3.12 bits per heavy atom. The number of hydrogen-bond donors (Lipinski definition) is 2. The van der Waals surface area contributed by atoms with Crippen LogP contribution in [-0.4, -0.2) is 29.2 Å². The molecular formula is C12H19N3O2. The second-order valence-corrected chi connectivity index (χ2v) is 4.69. The second-order valence-electron chi connectivity index (χ2n) is 4.69. The Labute approximate surface area is 101 Å². The Morgan fingerprint density at radius 2 is 2.47 bits per heavy atom. The van der Waals surface area contributed by atoms with Crippen molar-refractivity contribution in [1.29, 1.82) is 0 Å². The molecule has 1 aromatic heterocycles. The van der Waals surface area contributed by atoms with Gasteiger partial charge >= 0.3 is 0 Å². The van der Waals surface area contributed by atoms with E-state index < -0.39 is 0 Å². The quantitative estimate of drug-likeness (QED) is 0.832. The molecule has 2 heterocycles. The van der Waals surface area contributed by atoms with Crippen LogP contribution in [0.1, 0.15) is 38.3 Å². The van der Waals surface area contributed by atoms with E-state index in [4.69, 9.17) is 4.74 Å². The van der Waals surface area contributed by atoms with Crippen molar-refractivity contribution < 1.29 is 4.74 Å². The van der Waals surface area contributed by atoms with Crippen LogP contribution in [0.4, 0.5) is 5.95 Å². The number of H-pyrrole nitrogens is 1. The number of nitrogens with one attached hydrogen (secondary N) is 2. The molecule has 0 radical (unpaired) electrons. The summed E-state index contributed by atoms with van der Waals surface area (Å²) in [6, 6.07) is 1.54. The lowest BCUT2D eigenvalue weighted by molar-refractivity contribution is 0.120. The lowest BCUT2D eigenvalue weighted by Gasteiger charge is -2.12. The highest BCUT2D eigenvalue weighted by Gasteiger charge is 2.15.